The number of amides is 3. The molecule has 3 aromatic carbocycles. The molecule has 4 rings (SSSR count). The minimum atomic E-state index is -1.18. The van der Waals surface area contributed by atoms with Gasteiger partial charge in [-0.05, 0) is 53.9 Å². The van der Waals surface area contributed by atoms with E-state index in [1.807, 2.05) is 67.6 Å². The van der Waals surface area contributed by atoms with Crippen LogP contribution in [0, 0.1) is 6.92 Å². The second-order valence-corrected chi connectivity index (χ2v) is 7.81. The third-order valence-corrected chi connectivity index (χ3v) is 5.43. The van der Waals surface area contributed by atoms with E-state index < -0.39 is 23.6 Å². The fourth-order valence-corrected chi connectivity index (χ4v) is 3.72. The van der Waals surface area contributed by atoms with Gasteiger partial charge in [0.05, 0.1) is 6.54 Å². The Morgan fingerprint density at radius 3 is 2.57 bits per heavy atom. The maximum absolute atomic E-state index is 13.1. The number of aliphatic hydroxyl groups is 1. The number of hydrogen-bond donors (Lipinski definition) is 2. The first kappa shape index (κ1) is 19.9. The van der Waals surface area contributed by atoms with E-state index in [0.29, 0.717) is 11.3 Å². The summed E-state index contributed by atoms with van der Waals surface area (Å²) in [5, 5.41) is 15.2. The number of benzene rings is 3. The number of nitrogens with zero attached hydrogens (tertiary/aromatic N) is 1. The molecule has 1 heterocycles. The second kappa shape index (κ2) is 7.80. The number of β-amino-alcohol motifs (C(OH)–C–C–N with tert-alkyl or cyclic N) is 1. The minimum absolute atomic E-state index is 0.0206. The van der Waals surface area contributed by atoms with E-state index in [0.717, 1.165) is 21.2 Å². The Morgan fingerprint density at radius 2 is 1.80 bits per heavy atom. The predicted octanol–water partition coefficient (Wildman–Crippen LogP) is 3.36. The van der Waals surface area contributed by atoms with Crippen molar-refractivity contribution in [2.24, 2.45) is 0 Å². The van der Waals surface area contributed by atoms with Crippen molar-refractivity contribution in [1.82, 2.24) is 10.2 Å². The van der Waals surface area contributed by atoms with Gasteiger partial charge in [0, 0.05) is 0 Å². The zero-order chi connectivity index (χ0) is 21.3. The molecular formula is C24H24N2O4. The van der Waals surface area contributed by atoms with Crippen molar-refractivity contribution in [3.63, 3.8) is 0 Å². The lowest BCUT2D eigenvalue weighted by molar-refractivity contribution is -0.132. The van der Waals surface area contributed by atoms with Gasteiger partial charge in [0.2, 0.25) is 0 Å². The predicted molar refractivity (Wildman–Crippen MR) is 114 cm³/mol. The van der Waals surface area contributed by atoms with Gasteiger partial charge in [-0.2, -0.15) is 0 Å². The number of ether oxygens (including phenoxy) is 1. The van der Waals surface area contributed by atoms with Gasteiger partial charge in [0.15, 0.2) is 0 Å². The molecule has 0 radical (unpaired) electrons. The number of aryl methyl sites for hydroxylation is 1. The molecule has 0 spiro atoms. The van der Waals surface area contributed by atoms with Crippen molar-refractivity contribution in [2.75, 3.05) is 13.2 Å². The molecule has 1 fully saturated rings. The highest BCUT2D eigenvalue weighted by molar-refractivity contribution is 6.07. The summed E-state index contributed by atoms with van der Waals surface area (Å²) in [6.45, 7) is 3.48. The van der Waals surface area contributed by atoms with E-state index in [1.54, 1.807) is 13.0 Å². The lowest BCUT2D eigenvalue weighted by Crippen LogP contribution is -2.42. The third kappa shape index (κ3) is 3.74. The molecule has 0 bridgehead atoms. The number of urea groups is 1. The standard InChI is InChI=1S/C24H24N2O4/c1-16-6-5-9-21(12-16)30-15-20(27)14-26-22(28)24(2,25-23(26)29)19-11-10-17-7-3-4-8-18(17)13-19/h3-13,20,27H,14-15H2,1-2H3,(H,25,29)/t20-,24-/m1/s1. The summed E-state index contributed by atoms with van der Waals surface area (Å²) in [5.41, 5.74) is 0.563. The summed E-state index contributed by atoms with van der Waals surface area (Å²) < 4.78 is 5.59. The first-order valence-corrected chi connectivity index (χ1v) is 9.88. The molecule has 6 heteroatoms. The lowest BCUT2D eigenvalue weighted by atomic mass is 9.90. The summed E-state index contributed by atoms with van der Waals surface area (Å²) in [7, 11) is 0. The zero-order valence-electron chi connectivity index (χ0n) is 17.0. The van der Waals surface area contributed by atoms with Crippen LogP contribution in [0.2, 0.25) is 0 Å². The summed E-state index contributed by atoms with van der Waals surface area (Å²) >= 11 is 0. The minimum Gasteiger partial charge on any atom is -0.491 e. The van der Waals surface area contributed by atoms with Crippen LogP contribution in [0.25, 0.3) is 10.8 Å². The number of aliphatic hydroxyl groups excluding tert-OH is 1. The molecule has 2 N–H and O–H groups in total. The molecule has 1 aliphatic rings. The first-order valence-electron chi connectivity index (χ1n) is 9.88. The molecule has 2 atom stereocenters. The van der Waals surface area contributed by atoms with Gasteiger partial charge < -0.3 is 15.2 Å². The van der Waals surface area contributed by atoms with E-state index in [-0.39, 0.29) is 13.2 Å². The number of imide groups is 1. The molecule has 0 aromatic heterocycles. The highest BCUT2D eigenvalue weighted by atomic mass is 16.5. The Balaban J connectivity index is 1.47. The quantitative estimate of drug-likeness (QED) is 0.618. The number of hydrogen-bond acceptors (Lipinski definition) is 4. The number of fused-ring (bicyclic) bond motifs is 1. The van der Waals surface area contributed by atoms with Crippen LogP contribution in [0.1, 0.15) is 18.1 Å². The molecule has 154 valence electrons. The Bertz CT molecular complexity index is 1110. The van der Waals surface area contributed by atoms with Crippen LogP contribution < -0.4 is 10.1 Å². The smallest absolute Gasteiger partial charge is 0.325 e. The summed E-state index contributed by atoms with van der Waals surface area (Å²) in [6.07, 6.45) is -1.00. The second-order valence-electron chi connectivity index (χ2n) is 7.81. The number of nitrogens with one attached hydrogen (secondary N) is 1. The van der Waals surface area contributed by atoms with E-state index in [2.05, 4.69) is 5.32 Å². The highest BCUT2D eigenvalue weighted by Crippen LogP contribution is 2.31. The molecule has 0 unspecified atom stereocenters. The Kier molecular flexibility index (Phi) is 5.18. The van der Waals surface area contributed by atoms with Crippen LogP contribution in [0.15, 0.2) is 66.7 Å². The number of carbonyl (C=O) groups is 2. The van der Waals surface area contributed by atoms with Crippen LogP contribution in [0.4, 0.5) is 4.79 Å². The molecule has 0 saturated carbocycles. The highest BCUT2D eigenvalue weighted by Gasteiger charge is 2.49. The molecule has 3 aromatic rings. The van der Waals surface area contributed by atoms with E-state index in [9.17, 15) is 14.7 Å². The van der Waals surface area contributed by atoms with Gasteiger partial charge in [-0.3, -0.25) is 9.69 Å². The van der Waals surface area contributed by atoms with Crippen LogP contribution >= 0.6 is 0 Å². The van der Waals surface area contributed by atoms with E-state index in [1.165, 1.54) is 0 Å². The van der Waals surface area contributed by atoms with Crippen molar-refractivity contribution in [2.45, 2.75) is 25.5 Å². The average molecular weight is 404 g/mol. The normalized spacial score (nSPS) is 19.8. The number of rotatable bonds is 6. The molecular weight excluding hydrogens is 380 g/mol. The fraction of sp³-hybridized carbons (Fsp3) is 0.250. The third-order valence-electron chi connectivity index (χ3n) is 5.43. The van der Waals surface area contributed by atoms with Gasteiger partial charge >= 0.3 is 6.03 Å². The molecule has 30 heavy (non-hydrogen) atoms. The van der Waals surface area contributed by atoms with Crippen LogP contribution in [-0.2, 0) is 10.3 Å². The monoisotopic (exact) mass is 404 g/mol. The van der Waals surface area contributed by atoms with E-state index >= 15 is 0 Å². The zero-order valence-corrected chi connectivity index (χ0v) is 17.0. The van der Waals surface area contributed by atoms with Crippen LogP contribution in [0.5, 0.6) is 5.75 Å². The maximum Gasteiger partial charge on any atom is 0.325 e. The largest absolute Gasteiger partial charge is 0.491 e. The Morgan fingerprint density at radius 1 is 1.03 bits per heavy atom. The van der Waals surface area contributed by atoms with E-state index in [4.69, 9.17) is 4.74 Å². The molecule has 3 amide bonds. The van der Waals surface area contributed by atoms with Gasteiger partial charge in [0.25, 0.3) is 5.91 Å². The maximum atomic E-state index is 13.1. The topological polar surface area (TPSA) is 78.9 Å². The number of carbonyl (C=O) groups excluding carboxylic acids is 2. The van der Waals surface area contributed by atoms with Crippen LogP contribution in [-0.4, -0.2) is 41.2 Å². The van der Waals surface area contributed by atoms with Gasteiger partial charge in [-0.15, -0.1) is 0 Å². The SMILES string of the molecule is Cc1cccc(OC[C@H](O)CN2C(=O)N[C@](C)(c3ccc4ccccc4c3)C2=O)c1. The summed E-state index contributed by atoms with van der Waals surface area (Å²) in [6, 6.07) is 20.5. The summed E-state index contributed by atoms with van der Waals surface area (Å²) in [5.74, 6) is 0.240. The molecule has 1 saturated heterocycles. The van der Waals surface area contributed by atoms with Gasteiger partial charge in [-0.1, -0.05) is 48.5 Å². The molecule has 6 nitrogen and oxygen atoms in total. The van der Waals surface area contributed by atoms with Gasteiger partial charge in [-0.25, -0.2) is 4.79 Å². The summed E-state index contributed by atoms with van der Waals surface area (Å²) in [4.78, 5) is 26.7. The average Bonchev–Trinajstić information content (AvgIpc) is 2.96. The molecule has 0 aliphatic carbocycles. The Hall–Kier alpha value is -3.38. The van der Waals surface area contributed by atoms with Crippen molar-refractivity contribution < 1.29 is 19.4 Å². The van der Waals surface area contributed by atoms with Crippen molar-refractivity contribution in [1.29, 1.82) is 0 Å². The Labute approximate surface area is 175 Å². The first-order chi connectivity index (χ1) is 14.4. The van der Waals surface area contributed by atoms with Gasteiger partial charge in [0.1, 0.15) is 24.0 Å². The molecule has 1 aliphatic heterocycles. The fourth-order valence-electron chi connectivity index (χ4n) is 3.72. The van der Waals surface area contributed by atoms with Crippen molar-refractivity contribution >= 4 is 22.7 Å². The van der Waals surface area contributed by atoms with Crippen molar-refractivity contribution in [3.8, 4) is 5.75 Å². The lowest BCUT2D eigenvalue weighted by Gasteiger charge is -2.23. The van der Waals surface area contributed by atoms with Crippen LogP contribution in [0.3, 0.4) is 0 Å². The van der Waals surface area contributed by atoms with Crippen molar-refractivity contribution in [3.05, 3.63) is 77.9 Å².